The lowest BCUT2D eigenvalue weighted by Crippen LogP contribution is -2.28. The van der Waals surface area contributed by atoms with Crippen LogP contribution in [0.4, 0.5) is 5.69 Å². The van der Waals surface area contributed by atoms with Crippen molar-refractivity contribution in [3.05, 3.63) is 28.2 Å². The number of methoxy groups -OCH3 is 1. The van der Waals surface area contributed by atoms with Crippen molar-refractivity contribution in [3.8, 4) is 6.07 Å². The molecule has 0 radical (unpaired) electrons. The summed E-state index contributed by atoms with van der Waals surface area (Å²) in [6, 6.07) is 7.74. The molecule has 4 nitrogen and oxygen atoms in total. The maximum absolute atomic E-state index is 11.4. The van der Waals surface area contributed by atoms with E-state index in [4.69, 9.17) is 10.00 Å². The van der Waals surface area contributed by atoms with Crippen LogP contribution in [-0.2, 0) is 4.74 Å². The van der Waals surface area contributed by atoms with Crippen LogP contribution in [0.5, 0.6) is 0 Å². The second kappa shape index (κ2) is 7.93. The number of halogens is 1. The third-order valence-electron chi connectivity index (χ3n) is 2.76. The summed E-state index contributed by atoms with van der Waals surface area (Å²) in [6.07, 6.45) is 0.454. The highest BCUT2D eigenvalue weighted by Crippen LogP contribution is 2.24. The summed E-state index contributed by atoms with van der Waals surface area (Å²) < 4.78 is 5.85. The van der Waals surface area contributed by atoms with E-state index in [0.717, 1.165) is 10.2 Å². The molecule has 0 saturated heterocycles. The van der Waals surface area contributed by atoms with Gasteiger partial charge in [0.2, 0.25) is 0 Å². The zero-order valence-corrected chi connectivity index (χ0v) is 12.7. The topological polar surface area (TPSA) is 53.3 Å². The Labute approximate surface area is 122 Å². The first-order valence-corrected chi connectivity index (χ1v) is 6.80. The molecule has 0 heterocycles. The van der Waals surface area contributed by atoms with Crippen LogP contribution in [0.15, 0.2) is 22.7 Å². The monoisotopic (exact) mass is 324 g/mol. The smallest absolute Gasteiger partial charge is 0.160 e. The highest BCUT2D eigenvalue weighted by atomic mass is 79.9. The van der Waals surface area contributed by atoms with Crippen LogP contribution in [0.1, 0.15) is 23.7 Å². The number of ether oxygens (including phenoxy) is 1. The number of anilines is 1. The highest BCUT2D eigenvalue weighted by molar-refractivity contribution is 9.10. The summed E-state index contributed by atoms with van der Waals surface area (Å²) in [5.74, 6) is 0.0268. The zero-order chi connectivity index (χ0) is 14.3. The van der Waals surface area contributed by atoms with Crippen LogP contribution < -0.4 is 4.90 Å². The van der Waals surface area contributed by atoms with E-state index < -0.39 is 0 Å². The normalized spacial score (nSPS) is 10.0. The molecule has 0 N–H and O–H groups in total. The van der Waals surface area contributed by atoms with Gasteiger partial charge < -0.3 is 9.64 Å². The fraction of sp³-hybridized carbons (Fsp3) is 0.429. The van der Waals surface area contributed by atoms with Crippen molar-refractivity contribution in [1.82, 2.24) is 0 Å². The number of carbonyl (C=O) groups excluding carboxylic acids is 1. The molecule has 0 spiro atoms. The fourth-order valence-electron chi connectivity index (χ4n) is 1.74. The van der Waals surface area contributed by atoms with Gasteiger partial charge >= 0.3 is 0 Å². The number of hydrogen-bond donors (Lipinski definition) is 0. The molecule has 0 aromatic heterocycles. The number of ketones is 1. The molecule has 102 valence electrons. The van der Waals surface area contributed by atoms with Gasteiger partial charge in [-0.2, -0.15) is 5.26 Å². The summed E-state index contributed by atoms with van der Waals surface area (Å²) >= 11 is 3.41. The SMILES string of the molecule is COCCN(CCC#N)c1ccc(C(C)=O)c(Br)c1. The van der Waals surface area contributed by atoms with E-state index >= 15 is 0 Å². The molecule has 0 aliphatic rings. The minimum absolute atomic E-state index is 0.0268. The van der Waals surface area contributed by atoms with Crippen molar-refractivity contribution in [3.63, 3.8) is 0 Å². The van der Waals surface area contributed by atoms with Crippen molar-refractivity contribution >= 4 is 27.4 Å². The van der Waals surface area contributed by atoms with Gasteiger partial charge in [-0.1, -0.05) is 0 Å². The first kappa shape index (κ1) is 15.7. The Kier molecular flexibility index (Phi) is 6.54. The van der Waals surface area contributed by atoms with E-state index in [0.29, 0.717) is 31.7 Å². The molecule has 1 aromatic carbocycles. The Morgan fingerprint density at radius 1 is 1.47 bits per heavy atom. The van der Waals surface area contributed by atoms with E-state index in [1.807, 2.05) is 12.1 Å². The lowest BCUT2D eigenvalue weighted by atomic mass is 10.1. The lowest BCUT2D eigenvalue weighted by molar-refractivity contribution is 0.101. The molecule has 0 aliphatic carbocycles. The standard InChI is InChI=1S/C14H17BrN2O2/c1-11(18)13-5-4-12(10-14(13)15)17(7-3-6-16)8-9-19-2/h4-5,10H,3,7-9H2,1-2H3. The molecule has 0 saturated carbocycles. The van der Waals surface area contributed by atoms with Crippen molar-refractivity contribution in [2.75, 3.05) is 31.7 Å². The van der Waals surface area contributed by atoms with Gasteiger partial charge in [0.15, 0.2) is 5.78 Å². The number of benzene rings is 1. The third-order valence-corrected chi connectivity index (χ3v) is 3.41. The van der Waals surface area contributed by atoms with Gasteiger partial charge in [0.25, 0.3) is 0 Å². The van der Waals surface area contributed by atoms with Crippen molar-refractivity contribution < 1.29 is 9.53 Å². The summed E-state index contributed by atoms with van der Waals surface area (Å²) in [7, 11) is 1.65. The predicted octanol–water partition coefficient (Wildman–Crippen LogP) is 3.02. The van der Waals surface area contributed by atoms with Gasteiger partial charge in [-0.05, 0) is 41.1 Å². The van der Waals surface area contributed by atoms with Crippen LogP contribution in [0.2, 0.25) is 0 Å². The van der Waals surface area contributed by atoms with Crippen molar-refractivity contribution in [2.24, 2.45) is 0 Å². The molecule has 0 aliphatic heterocycles. The summed E-state index contributed by atoms with van der Waals surface area (Å²) in [5, 5.41) is 8.70. The summed E-state index contributed by atoms with van der Waals surface area (Å²) in [6.45, 7) is 3.49. The molecule has 1 aromatic rings. The minimum Gasteiger partial charge on any atom is -0.383 e. The van der Waals surface area contributed by atoms with E-state index in [2.05, 4.69) is 26.9 Å². The van der Waals surface area contributed by atoms with Gasteiger partial charge in [0.1, 0.15) is 0 Å². The average Bonchev–Trinajstić information content (AvgIpc) is 2.38. The lowest BCUT2D eigenvalue weighted by Gasteiger charge is -2.24. The second-order valence-corrected chi connectivity index (χ2v) is 4.96. The largest absolute Gasteiger partial charge is 0.383 e. The molecular formula is C14H17BrN2O2. The van der Waals surface area contributed by atoms with Crippen LogP contribution in [0.25, 0.3) is 0 Å². The fourth-order valence-corrected chi connectivity index (χ4v) is 2.39. The quantitative estimate of drug-likeness (QED) is 0.723. The molecule has 0 atom stereocenters. The van der Waals surface area contributed by atoms with Gasteiger partial charge in [-0.3, -0.25) is 4.79 Å². The Balaban J connectivity index is 2.92. The number of Topliss-reactive ketones (excluding diaryl/α,β-unsaturated/α-hetero) is 1. The Morgan fingerprint density at radius 3 is 2.74 bits per heavy atom. The Hall–Kier alpha value is -1.38. The summed E-state index contributed by atoms with van der Waals surface area (Å²) in [5.41, 5.74) is 1.64. The van der Waals surface area contributed by atoms with Crippen LogP contribution in [-0.4, -0.2) is 32.6 Å². The molecule has 19 heavy (non-hydrogen) atoms. The molecule has 0 bridgehead atoms. The first-order chi connectivity index (χ1) is 9.10. The third kappa shape index (κ3) is 4.66. The van der Waals surface area contributed by atoms with E-state index in [-0.39, 0.29) is 5.78 Å². The molecule has 0 fully saturated rings. The van der Waals surface area contributed by atoms with Gasteiger partial charge in [-0.25, -0.2) is 0 Å². The van der Waals surface area contributed by atoms with E-state index in [1.165, 1.54) is 6.92 Å². The molecule has 5 heteroatoms. The van der Waals surface area contributed by atoms with E-state index in [9.17, 15) is 4.79 Å². The molecule has 1 rings (SSSR count). The predicted molar refractivity (Wildman–Crippen MR) is 78.5 cm³/mol. The minimum atomic E-state index is 0.0268. The van der Waals surface area contributed by atoms with Gasteiger partial charge in [0.05, 0.1) is 19.1 Å². The Bertz CT molecular complexity index is 483. The molecular weight excluding hydrogens is 308 g/mol. The Morgan fingerprint density at radius 2 is 2.21 bits per heavy atom. The number of nitriles is 1. The molecule has 0 amide bonds. The zero-order valence-electron chi connectivity index (χ0n) is 11.1. The number of rotatable bonds is 7. The van der Waals surface area contributed by atoms with Crippen LogP contribution in [0, 0.1) is 11.3 Å². The maximum Gasteiger partial charge on any atom is 0.160 e. The van der Waals surface area contributed by atoms with Crippen LogP contribution in [0.3, 0.4) is 0 Å². The number of nitrogens with zero attached hydrogens (tertiary/aromatic N) is 2. The summed E-state index contributed by atoms with van der Waals surface area (Å²) in [4.78, 5) is 13.5. The molecule has 0 unspecified atom stereocenters. The van der Waals surface area contributed by atoms with Gasteiger partial charge in [-0.15, -0.1) is 0 Å². The maximum atomic E-state index is 11.4. The van der Waals surface area contributed by atoms with Gasteiger partial charge in [0, 0.05) is 35.9 Å². The average molecular weight is 325 g/mol. The number of carbonyl (C=O) groups is 1. The van der Waals surface area contributed by atoms with Crippen molar-refractivity contribution in [1.29, 1.82) is 5.26 Å². The van der Waals surface area contributed by atoms with E-state index in [1.54, 1.807) is 13.2 Å². The highest BCUT2D eigenvalue weighted by Gasteiger charge is 2.10. The van der Waals surface area contributed by atoms with Crippen LogP contribution >= 0.6 is 15.9 Å². The number of hydrogen-bond acceptors (Lipinski definition) is 4. The first-order valence-electron chi connectivity index (χ1n) is 6.01. The second-order valence-electron chi connectivity index (χ2n) is 4.11. The van der Waals surface area contributed by atoms with Crippen molar-refractivity contribution in [2.45, 2.75) is 13.3 Å².